The number of rotatable bonds is 2. The van der Waals surface area contributed by atoms with Crippen molar-refractivity contribution in [2.24, 2.45) is 0 Å². The van der Waals surface area contributed by atoms with E-state index in [9.17, 15) is 9.90 Å². The van der Waals surface area contributed by atoms with Crippen LogP contribution in [0, 0.1) is 6.92 Å². The van der Waals surface area contributed by atoms with Crippen LogP contribution in [0.2, 0.25) is 0 Å². The van der Waals surface area contributed by atoms with Crippen LogP contribution in [0.5, 0.6) is 5.75 Å². The Bertz CT molecular complexity index is 834. The quantitative estimate of drug-likeness (QED) is 0.881. The summed E-state index contributed by atoms with van der Waals surface area (Å²) in [5.41, 5.74) is 3.29. The minimum Gasteiger partial charge on any atom is -0.507 e. The molecule has 26 heavy (non-hydrogen) atoms. The van der Waals surface area contributed by atoms with E-state index in [1.165, 1.54) is 0 Å². The molecule has 1 N–H and O–H groups in total. The third-order valence-electron chi connectivity index (χ3n) is 4.96. The van der Waals surface area contributed by atoms with Crippen molar-refractivity contribution in [3.63, 3.8) is 0 Å². The Kier molecular flexibility index (Phi) is 4.46. The van der Waals surface area contributed by atoms with E-state index in [1.807, 2.05) is 6.92 Å². The van der Waals surface area contributed by atoms with Crippen LogP contribution in [0.3, 0.4) is 0 Å². The van der Waals surface area contributed by atoms with Gasteiger partial charge in [-0.3, -0.25) is 4.79 Å². The lowest BCUT2D eigenvalue weighted by atomic mass is 10.0. The first kappa shape index (κ1) is 16.8. The topological polar surface area (TPSA) is 78.8 Å². The number of hydrogen-bond donors (Lipinski definition) is 1. The predicted octanol–water partition coefficient (Wildman–Crippen LogP) is 1.53. The van der Waals surface area contributed by atoms with Crippen LogP contribution in [-0.2, 0) is 17.7 Å². The van der Waals surface area contributed by atoms with Crippen molar-refractivity contribution in [1.29, 1.82) is 0 Å². The van der Waals surface area contributed by atoms with Gasteiger partial charge in [0.1, 0.15) is 17.9 Å². The van der Waals surface area contributed by atoms with Crippen LogP contribution in [0.1, 0.15) is 27.2 Å². The van der Waals surface area contributed by atoms with Gasteiger partial charge in [0.15, 0.2) is 0 Å². The number of aromatic hydroxyl groups is 1. The smallest absolute Gasteiger partial charge is 0.257 e. The number of anilines is 1. The number of amides is 1. The number of morpholine rings is 1. The number of carbonyl (C=O) groups is 1. The molecule has 2 aliphatic heterocycles. The summed E-state index contributed by atoms with van der Waals surface area (Å²) in [6.45, 7) is 5.98. The largest absolute Gasteiger partial charge is 0.507 e. The molecule has 0 radical (unpaired) electrons. The van der Waals surface area contributed by atoms with Gasteiger partial charge in [0.2, 0.25) is 0 Å². The van der Waals surface area contributed by atoms with Crippen LogP contribution >= 0.6 is 0 Å². The number of carbonyl (C=O) groups excluding carboxylic acids is 1. The number of nitrogens with zero attached hydrogens (tertiary/aromatic N) is 4. The molecule has 1 aromatic carbocycles. The number of phenolic OH excluding ortho intramolecular Hbond substituents is 1. The summed E-state index contributed by atoms with van der Waals surface area (Å²) in [7, 11) is 0. The highest BCUT2D eigenvalue weighted by Crippen LogP contribution is 2.28. The number of phenols is 1. The lowest BCUT2D eigenvalue weighted by Crippen LogP contribution is -2.40. The summed E-state index contributed by atoms with van der Waals surface area (Å²) in [5.74, 6) is 0.815. The van der Waals surface area contributed by atoms with Gasteiger partial charge >= 0.3 is 0 Å². The molecule has 4 rings (SSSR count). The zero-order valence-corrected chi connectivity index (χ0v) is 14.8. The van der Waals surface area contributed by atoms with E-state index in [-0.39, 0.29) is 11.7 Å². The first-order valence-corrected chi connectivity index (χ1v) is 8.88. The summed E-state index contributed by atoms with van der Waals surface area (Å²) in [5, 5.41) is 10.1. The van der Waals surface area contributed by atoms with E-state index in [1.54, 1.807) is 29.4 Å². The first-order chi connectivity index (χ1) is 12.6. The Morgan fingerprint density at radius 3 is 2.81 bits per heavy atom. The van der Waals surface area contributed by atoms with E-state index in [2.05, 4.69) is 14.9 Å². The SMILES string of the molecule is Cc1ccc(O)c(C(=O)N2CCc3c(ncnc3N3CCOCC3)C2)c1. The number of fused-ring (bicyclic) bond motifs is 1. The molecule has 1 saturated heterocycles. The number of hydrogen-bond acceptors (Lipinski definition) is 6. The molecule has 136 valence electrons. The van der Waals surface area contributed by atoms with E-state index in [4.69, 9.17) is 4.74 Å². The Balaban J connectivity index is 1.58. The number of aromatic nitrogens is 2. The molecule has 0 saturated carbocycles. The molecule has 0 aliphatic carbocycles. The van der Waals surface area contributed by atoms with E-state index in [0.29, 0.717) is 38.3 Å². The summed E-state index contributed by atoms with van der Waals surface area (Å²) in [6.07, 6.45) is 2.28. The average Bonchev–Trinajstić information content (AvgIpc) is 2.69. The van der Waals surface area contributed by atoms with E-state index in [0.717, 1.165) is 35.7 Å². The molecule has 3 heterocycles. The van der Waals surface area contributed by atoms with Crippen LogP contribution < -0.4 is 4.90 Å². The fourth-order valence-electron chi connectivity index (χ4n) is 3.55. The van der Waals surface area contributed by atoms with Crippen molar-refractivity contribution in [3.8, 4) is 5.75 Å². The van der Waals surface area contributed by atoms with Gasteiger partial charge in [-0.05, 0) is 25.5 Å². The molecule has 0 bridgehead atoms. The van der Waals surface area contributed by atoms with Gasteiger partial charge in [-0.15, -0.1) is 0 Å². The van der Waals surface area contributed by atoms with Crippen molar-refractivity contribution in [2.75, 3.05) is 37.7 Å². The first-order valence-electron chi connectivity index (χ1n) is 8.88. The predicted molar refractivity (Wildman–Crippen MR) is 96.4 cm³/mol. The zero-order valence-electron chi connectivity index (χ0n) is 14.8. The summed E-state index contributed by atoms with van der Waals surface area (Å²) >= 11 is 0. The fraction of sp³-hybridized carbons (Fsp3) is 0.421. The molecule has 0 unspecified atom stereocenters. The number of aryl methyl sites for hydroxylation is 1. The van der Waals surface area contributed by atoms with Gasteiger partial charge in [-0.25, -0.2) is 9.97 Å². The standard InChI is InChI=1S/C19H22N4O3/c1-13-2-3-17(24)15(10-13)19(25)23-5-4-14-16(11-23)20-12-21-18(14)22-6-8-26-9-7-22/h2-3,10,12,24H,4-9,11H2,1H3. The highest BCUT2D eigenvalue weighted by atomic mass is 16.5. The Morgan fingerprint density at radius 1 is 1.19 bits per heavy atom. The van der Waals surface area contributed by atoms with Crippen LogP contribution in [0.4, 0.5) is 5.82 Å². The molecule has 0 atom stereocenters. The van der Waals surface area contributed by atoms with Gasteiger partial charge < -0.3 is 19.6 Å². The third-order valence-corrected chi connectivity index (χ3v) is 4.96. The minimum absolute atomic E-state index is 0.0168. The Morgan fingerprint density at radius 2 is 2.00 bits per heavy atom. The van der Waals surface area contributed by atoms with Gasteiger partial charge in [0, 0.05) is 25.2 Å². The van der Waals surface area contributed by atoms with Gasteiger partial charge in [-0.1, -0.05) is 11.6 Å². The molecule has 2 aliphatic rings. The maximum absolute atomic E-state index is 12.9. The lowest BCUT2D eigenvalue weighted by Gasteiger charge is -2.33. The highest BCUT2D eigenvalue weighted by Gasteiger charge is 2.28. The maximum Gasteiger partial charge on any atom is 0.257 e. The van der Waals surface area contributed by atoms with Crippen molar-refractivity contribution in [3.05, 3.63) is 46.9 Å². The van der Waals surface area contributed by atoms with Crippen LogP contribution in [0.15, 0.2) is 24.5 Å². The lowest BCUT2D eigenvalue weighted by molar-refractivity contribution is 0.0728. The molecule has 1 amide bonds. The number of benzene rings is 1. The zero-order chi connectivity index (χ0) is 18.1. The monoisotopic (exact) mass is 354 g/mol. The Hall–Kier alpha value is -2.67. The van der Waals surface area contributed by atoms with Crippen molar-refractivity contribution < 1.29 is 14.6 Å². The second-order valence-corrected chi connectivity index (χ2v) is 6.72. The number of ether oxygens (including phenoxy) is 1. The third kappa shape index (κ3) is 3.10. The second-order valence-electron chi connectivity index (χ2n) is 6.72. The van der Waals surface area contributed by atoms with Gasteiger partial charge in [0.05, 0.1) is 31.0 Å². The molecular formula is C19H22N4O3. The van der Waals surface area contributed by atoms with Crippen molar-refractivity contribution >= 4 is 11.7 Å². The minimum atomic E-state index is -0.164. The normalized spacial score (nSPS) is 17.1. The van der Waals surface area contributed by atoms with E-state index >= 15 is 0 Å². The van der Waals surface area contributed by atoms with Gasteiger partial charge in [0.25, 0.3) is 5.91 Å². The Labute approximate surface area is 152 Å². The average molecular weight is 354 g/mol. The van der Waals surface area contributed by atoms with E-state index < -0.39 is 0 Å². The molecule has 2 aromatic rings. The second kappa shape index (κ2) is 6.92. The van der Waals surface area contributed by atoms with Crippen LogP contribution in [-0.4, -0.2) is 58.7 Å². The maximum atomic E-state index is 12.9. The summed E-state index contributed by atoms with van der Waals surface area (Å²) in [4.78, 5) is 25.7. The molecule has 1 fully saturated rings. The molecule has 1 aromatic heterocycles. The summed E-state index contributed by atoms with van der Waals surface area (Å²) in [6, 6.07) is 5.09. The summed E-state index contributed by atoms with van der Waals surface area (Å²) < 4.78 is 5.42. The highest BCUT2D eigenvalue weighted by molar-refractivity contribution is 5.97. The van der Waals surface area contributed by atoms with Gasteiger partial charge in [-0.2, -0.15) is 0 Å². The van der Waals surface area contributed by atoms with Crippen molar-refractivity contribution in [1.82, 2.24) is 14.9 Å². The molecular weight excluding hydrogens is 332 g/mol. The fourth-order valence-corrected chi connectivity index (χ4v) is 3.55. The molecule has 0 spiro atoms. The molecule has 7 nitrogen and oxygen atoms in total. The van der Waals surface area contributed by atoms with Crippen molar-refractivity contribution in [2.45, 2.75) is 19.9 Å². The van der Waals surface area contributed by atoms with Crippen LogP contribution in [0.25, 0.3) is 0 Å². The molecule has 7 heteroatoms.